The molecule has 0 saturated carbocycles. The van der Waals surface area contributed by atoms with Gasteiger partial charge in [0.2, 0.25) is 0 Å². The third kappa shape index (κ3) is 13.3. The van der Waals surface area contributed by atoms with Gasteiger partial charge >= 0.3 is 23.5 Å². The molecule has 0 saturated heterocycles. The molecule has 0 aromatic rings. The van der Waals surface area contributed by atoms with E-state index < -0.39 is 23.5 Å². The lowest BCUT2D eigenvalue weighted by Gasteiger charge is -2.23. The third-order valence-corrected chi connectivity index (χ3v) is 7.40. The number of hydrogen-bond acceptors (Lipinski definition) is 8. The average Bonchev–Trinajstić information content (AvgIpc) is 2.45. The zero-order chi connectivity index (χ0) is 19.4. The van der Waals surface area contributed by atoms with Crippen LogP contribution in [-0.4, -0.2) is 29.6 Å². The molecule has 0 aliphatic heterocycles. The Morgan fingerprint density at radius 2 is 1.00 bits per heavy atom. The van der Waals surface area contributed by atoms with Crippen molar-refractivity contribution in [3.05, 3.63) is 0 Å². The van der Waals surface area contributed by atoms with Crippen LogP contribution in [0.3, 0.4) is 0 Å². The van der Waals surface area contributed by atoms with Gasteiger partial charge in [0, 0.05) is 0 Å². The molecule has 10 nitrogen and oxygen atoms in total. The minimum absolute atomic E-state index is 0.00915. The lowest BCUT2D eigenvalue weighted by Crippen LogP contribution is -2.05. The average molecular weight is 426 g/mol. The molecule has 0 aliphatic rings. The van der Waals surface area contributed by atoms with Gasteiger partial charge in [0.1, 0.15) is 0 Å². The molecule has 0 heterocycles. The molecular formula is C12H29O10P3. The van der Waals surface area contributed by atoms with Gasteiger partial charge in [-0.2, -0.15) is 8.62 Å². The lowest BCUT2D eigenvalue weighted by atomic mass is 10.4. The summed E-state index contributed by atoms with van der Waals surface area (Å²) in [6.07, 6.45) is 3.62. The zero-order valence-electron chi connectivity index (χ0n) is 14.9. The zero-order valence-corrected chi connectivity index (χ0v) is 17.5. The molecule has 0 aromatic heterocycles. The van der Waals surface area contributed by atoms with Crippen molar-refractivity contribution in [1.29, 1.82) is 0 Å². The fourth-order valence-corrected chi connectivity index (χ4v) is 5.66. The topological polar surface area (TPSA) is 138 Å². The lowest BCUT2D eigenvalue weighted by molar-refractivity contribution is 0.121. The van der Waals surface area contributed by atoms with Crippen LogP contribution in [0, 0.1) is 0 Å². The van der Waals surface area contributed by atoms with Gasteiger partial charge in [-0.25, -0.2) is 13.7 Å². The van der Waals surface area contributed by atoms with E-state index in [4.69, 9.17) is 27.7 Å². The third-order valence-electron chi connectivity index (χ3n) is 2.65. The molecule has 0 radical (unpaired) electrons. The largest absolute Gasteiger partial charge is 0.492 e. The van der Waals surface area contributed by atoms with Crippen LogP contribution in [0.2, 0.25) is 0 Å². The first kappa shape index (κ1) is 25.4. The van der Waals surface area contributed by atoms with E-state index in [9.17, 15) is 13.7 Å². The van der Waals surface area contributed by atoms with Gasteiger partial charge in [-0.1, -0.05) is 40.0 Å². The highest BCUT2D eigenvalue weighted by Gasteiger charge is 2.45. The second-order valence-corrected chi connectivity index (χ2v) is 9.96. The Kier molecular flexibility index (Phi) is 12.9. The summed E-state index contributed by atoms with van der Waals surface area (Å²) in [5.74, 6) is 0. The molecular weight excluding hydrogens is 397 g/mol. The SMILES string of the molecule is CCCCOP(=O)(OCCCC)OP(=O)(OCCCC)OP(=O)(O)O. The molecule has 13 heteroatoms. The first-order valence-electron chi connectivity index (χ1n) is 8.21. The highest BCUT2D eigenvalue weighted by molar-refractivity contribution is 7.67. The molecule has 0 aromatic carbocycles. The van der Waals surface area contributed by atoms with Crippen LogP contribution in [-0.2, 0) is 35.9 Å². The summed E-state index contributed by atoms with van der Waals surface area (Å²) >= 11 is 0. The number of phosphoric acid groups is 3. The van der Waals surface area contributed by atoms with Gasteiger partial charge in [0.25, 0.3) is 0 Å². The summed E-state index contributed by atoms with van der Waals surface area (Å²) in [7, 11) is -14.5. The summed E-state index contributed by atoms with van der Waals surface area (Å²) in [4.78, 5) is 17.8. The standard InChI is InChI=1S/C12H29O10P3/c1-4-7-10-18-24(16,19-11-8-5-2)22-25(17,20-12-9-6-3)21-23(13,14)15/h4-12H2,1-3H3,(H2,13,14,15). The first-order chi connectivity index (χ1) is 11.6. The summed E-state index contributed by atoms with van der Waals surface area (Å²) < 4.78 is 60.0. The molecule has 152 valence electrons. The van der Waals surface area contributed by atoms with Gasteiger partial charge in [-0.3, -0.25) is 13.6 Å². The minimum Gasteiger partial charge on any atom is -0.302 e. The Balaban J connectivity index is 5.21. The van der Waals surface area contributed by atoms with E-state index in [2.05, 4.69) is 4.31 Å². The van der Waals surface area contributed by atoms with E-state index in [-0.39, 0.29) is 19.8 Å². The highest BCUT2D eigenvalue weighted by Crippen LogP contribution is 2.70. The van der Waals surface area contributed by atoms with E-state index in [1.165, 1.54) is 0 Å². The fourth-order valence-electron chi connectivity index (χ4n) is 1.36. The molecule has 25 heavy (non-hydrogen) atoms. The second-order valence-electron chi connectivity index (χ2n) is 5.11. The fraction of sp³-hybridized carbons (Fsp3) is 1.00. The van der Waals surface area contributed by atoms with E-state index in [0.717, 1.165) is 12.8 Å². The van der Waals surface area contributed by atoms with Gasteiger partial charge < -0.3 is 9.79 Å². The van der Waals surface area contributed by atoms with E-state index in [0.29, 0.717) is 25.7 Å². The van der Waals surface area contributed by atoms with Gasteiger partial charge in [0.05, 0.1) is 19.8 Å². The maximum atomic E-state index is 12.6. The summed E-state index contributed by atoms with van der Waals surface area (Å²) in [6.45, 7) is 5.39. The molecule has 1 unspecified atom stereocenters. The van der Waals surface area contributed by atoms with Crippen molar-refractivity contribution in [1.82, 2.24) is 0 Å². The van der Waals surface area contributed by atoms with Gasteiger partial charge in [-0.15, -0.1) is 0 Å². The van der Waals surface area contributed by atoms with Crippen LogP contribution in [0.25, 0.3) is 0 Å². The molecule has 2 N–H and O–H groups in total. The van der Waals surface area contributed by atoms with Crippen LogP contribution in [0.15, 0.2) is 0 Å². The van der Waals surface area contributed by atoms with Crippen molar-refractivity contribution in [2.75, 3.05) is 19.8 Å². The second kappa shape index (κ2) is 12.7. The van der Waals surface area contributed by atoms with Crippen LogP contribution in [0.4, 0.5) is 0 Å². The van der Waals surface area contributed by atoms with Crippen LogP contribution >= 0.6 is 23.5 Å². The van der Waals surface area contributed by atoms with E-state index in [1.807, 2.05) is 20.8 Å². The van der Waals surface area contributed by atoms with Crippen LogP contribution < -0.4 is 0 Å². The highest BCUT2D eigenvalue weighted by atomic mass is 31.3. The minimum atomic E-state index is -5.23. The van der Waals surface area contributed by atoms with E-state index in [1.54, 1.807) is 0 Å². The summed E-state index contributed by atoms with van der Waals surface area (Å²) in [6, 6.07) is 0. The smallest absolute Gasteiger partial charge is 0.302 e. The van der Waals surface area contributed by atoms with E-state index >= 15 is 0 Å². The maximum Gasteiger partial charge on any atom is 0.492 e. The van der Waals surface area contributed by atoms with Crippen molar-refractivity contribution in [2.24, 2.45) is 0 Å². The monoisotopic (exact) mass is 426 g/mol. The molecule has 1 atom stereocenters. The molecule has 0 spiro atoms. The Morgan fingerprint density at radius 1 is 0.640 bits per heavy atom. The molecule has 0 aliphatic carbocycles. The molecule has 0 rings (SSSR count). The Morgan fingerprint density at radius 3 is 1.32 bits per heavy atom. The van der Waals surface area contributed by atoms with Crippen molar-refractivity contribution < 1.29 is 45.7 Å². The predicted octanol–water partition coefficient (Wildman–Crippen LogP) is 4.78. The molecule has 0 bridgehead atoms. The first-order valence-corrected chi connectivity index (χ1v) is 12.7. The van der Waals surface area contributed by atoms with Crippen molar-refractivity contribution in [2.45, 2.75) is 59.3 Å². The maximum absolute atomic E-state index is 12.6. The Bertz CT molecular complexity index is 478. The van der Waals surface area contributed by atoms with Crippen LogP contribution in [0.1, 0.15) is 59.3 Å². The van der Waals surface area contributed by atoms with Crippen molar-refractivity contribution >= 4 is 23.5 Å². The van der Waals surface area contributed by atoms with Gasteiger partial charge in [0.15, 0.2) is 0 Å². The quantitative estimate of drug-likeness (QED) is 0.262. The molecule has 0 amide bonds. The Hall–Kier alpha value is 0.410. The number of unbranched alkanes of at least 4 members (excludes halogenated alkanes) is 3. The summed E-state index contributed by atoms with van der Waals surface area (Å²) in [5.41, 5.74) is 0. The number of phosphoric ester groups is 1. The Labute approximate surface area is 149 Å². The molecule has 0 fully saturated rings. The normalized spacial score (nSPS) is 15.2. The van der Waals surface area contributed by atoms with Crippen LogP contribution in [0.5, 0.6) is 0 Å². The predicted molar refractivity (Wildman–Crippen MR) is 92.0 cm³/mol. The van der Waals surface area contributed by atoms with Crippen molar-refractivity contribution in [3.8, 4) is 0 Å². The number of hydrogen-bond donors (Lipinski definition) is 2. The van der Waals surface area contributed by atoms with Gasteiger partial charge in [-0.05, 0) is 19.3 Å². The summed E-state index contributed by atoms with van der Waals surface area (Å²) in [5, 5.41) is 0. The van der Waals surface area contributed by atoms with Crippen molar-refractivity contribution in [3.63, 3.8) is 0 Å². The number of rotatable bonds is 16.